The summed E-state index contributed by atoms with van der Waals surface area (Å²) in [5.74, 6) is 1.47. The molecule has 0 aromatic heterocycles. The van der Waals surface area contributed by atoms with Gasteiger partial charge in [0, 0.05) is 32.1 Å². The summed E-state index contributed by atoms with van der Waals surface area (Å²) in [5, 5.41) is 0. The first-order chi connectivity index (χ1) is 13.1. The number of nitrogens with zero attached hydrogens (tertiary/aromatic N) is 2. The molecule has 27 heavy (non-hydrogen) atoms. The molecule has 1 heterocycles. The molecule has 150 valence electrons. The van der Waals surface area contributed by atoms with Crippen molar-refractivity contribution in [1.82, 2.24) is 9.80 Å². The molecule has 1 aliphatic heterocycles. The van der Waals surface area contributed by atoms with E-state index >= 15 is 0 Å². The number of carbonyl (C=O) groups is 2. The minimum atomic E-state index is -0.0573. The van der Waals surface area contributed by atoms with Gasteiger partial charge in [-0.1, -0.05) is 26.0 Å². The van der Waals surface area contributed by atoms with E-state index in [9.17, 15) is 9.59 Å². The lowest BCUT2D eigenvalue weighted by atomic mass is 10.0. The van der Waals surface area contributed by atoms with Crippen LogP contribution in [0.2, 0.25) is 0 Å². The molecule has 2 amide bonds. The van der Waals surface area contributed by atoms with Crippen LogP contribution in [0.4, 0.5) is 0 Å². The highest BCUT2D eigenvalue weighted by Crippen LogP contribution is 2.26. The maximum absolute atomic E-state index is 12.6. The molecule has 6 nitrogen and oxygen atoms in total. The maximum Gasteiger partial charge on any atom is 0.260 e. The Labute approximate surface area is 162 Å². The Balaban J connectivity index is 1.88. The van der Waals surface area contributed by atoms with E-state index < -0.39 is 0 Å². The van der Waals surface area contributed by atoms with Crippen LogP contribution in [0.3, 0.4) is 0 Å². The third-order valence-electron chi connectivity index (χ3n) is 5.00. The van der Waals surface area contributed by atoms with Gasteiger partial charge >= 0.3 is 0 Å². The Morgan fingerprint density at radius 1 is 0.926 bits per heavy atom. The first-order valence-electron chi connectivity index (χ1n) is 10.0. The molecule has 0 aliphatic carbocycles. The Bertz CT molecular complexity index is 616. The third kappa shape index (κ3) is 5.88. The number of benzene rings is 1. The van der Waals surface area contributed by atoms with Gasteiger partial charge in [-0.05, 0) is 38.3 Å². The van der Waals surface area contributed by atoms with Gasteiger partial charge in [0.1, 0.15) is 0 Å². The van der Waals surface area contributed by atoms with Crippen molar-refractivity contribution in [3.8, 4) is 11.5 Å². The Kier molecular flexibility index (Phi) is 8.43. The topological polar surface area (TPSA) is 59.1 Å². The van der Waals surface area contributed by atoms with Gasteiger partial charge < -0.3 is 19.3 Å². The van der Waals surface area contributed by atoms with E-state index in [0.29, 0.717) is 44.3 Å². The fourth-order valence-electron chi connectivity index (χ4n) is 3.36. The Morgan fingerprint density at radius 3 is 2.15 bits per heavy atom. The SMILES string of the molecule is CCOc1ccccc1OCC(=O)N1CCCN(C(=O)C(CC)CC)CC1. The van der Waals surface area contributed by atoms with Gasteiger partial charge in [-0.2, -0.15) is 0 Å². The molecule has 0 spiro atoms. The molecule has 1 fully saturated rings. The zero-order chi connectivity index (χ0) is 19.6. The molecule has 0 N–H and O–H groups in total. The predicted octanol–water partition coefficient (Wildman–Crippen LogP) is 2.96. The summed E-state index contributed by atoms with van der Waals surface area (Å²) in [6.45, 7) is 9.06. The summed E-state index contributed by atoms with van der Waals surface area (Å²) in [6, 6.07) is 7.36. The fraction of sp³-hybridized carbons (Fsp3) is 0.619. The van der Waals surface area contributed by atoms with E-state index in [0.717, 1.165) is 19.3 Å². The van der Waals surface area contributed by atoms with Gasteiger partial charge in [0.05, 0.1) is 6.61 Å². The summed E-state index contributed by atoms with van der Waals surface area (Å²) in [4.78, 5) is 28.9. The van der Waals surface area contributed by atoms with E-state index in [1.54, 1.807) is 11.0 Å². The van der Waals surface area contributed by atoms with Gasteiger partial charge in [0.2, 0.25) is 5.91 Å². The average Bonchev–Trinajstić information content (AvgIpc) is 2.94. The summed E-state index contributed by atoms with van der Waals surface area (Å²) >= 11 is 0. The second-order valence-corrected chi connectivity index (χ2v) is 6.74. The average molecular weight is 376 g/mol. The van der Waals surface area contributed by atoms with Gasteiger partial charge in [-0.25, -0.2) is 0 Å². The first-order valence-corrected chi connectivity index (χ1v) is 10.0. The number of ether oxygens (including phenoxy) is 2. The number of carbonyl (C=O) groups excluding carboxylic acids is 2. The largest absolute Gasteiger partial charge is 0.490 e. The van der Waals surface area contributed by atoms with Crippen molar-refractivity contribution in [2.45, 2.75) is 40.0 Å². The normalized spacial score (nSPS) is 14.8. The molecular weight excluding hydrogens is 344 g/mol. The van der Waals surface area contributed by atoms with E-state index in [4.69, 9.17) is 9.47 Å². The maximum atomic E-state index is 12.6. The van der Waals surface area contributed by atoms with Gasteiger partial charge in [0.25, 0.3) is 5.91 Å². The van der Waals surface area contributed by atoms with Crippen LogP contribution in [0.5, 0.6) is 11.5 Å². The molecule has 1 aromatic carbocycles. The molecule has 6 heteroatoms. The Hall–Kier alpha value is -2.24. The van der Waals surface area contributed by atoms with Gasteiger partial charge in [-0.15, -0.1) is 0 Å². The molecular formula is C21H32N2O4. The van der Waals surface area contributed by atoms with Crippen LogP contribution in [-0.2, 0) is 9.59 Å². The van der Waals surface area contributed by atoms with Crippen molar-refractivity contribution in [1.29, 1.82) is 0 Å². The van der Waals surface area contributed by atoms with E-state index in [-0.39, 0.29) is 24.3 Å². The van der Waals surface area contributed by atoms with Crippen LogP contribution in [0, 0.1) is 5.92 Å². The van der Waals surface area contributed by atoms with Crippen LogP contribution in [0.1, 0.15) is 40.0 Å². The van der Waals surface area contributed by atoms with Gasteiger partial charge in [-0.3, -0.25) is 9.59 Å². The van der Waals surface area contributed by atoms with Crippen molar-refractivity contribution in [3.05, 3.63) is 24.3 Å². The Morgan fingerprint density at radius 2 is 1.52 bits per heavy atom. The quantitative estimate of drug-likeness (QED) is 0.700. The second-order valence-electron chi connectivity index (χ2n) is 6.74. The number of hydrogen-bond donors (Lipinski definition) is 0. The van der Waals surface area contributed by atoms with Crippen LogP contribution in [0.15, 0.2) is 24.3 Å². The highest BCUT2D eigenvalue weighted by Gasteiger charge is 2.25. The zero-order valence-electron chi connectivity index (χ0n) is 16.8. The molecule has 1 aromatic rings. The van der Waals surface area contributed by atoms with Crippen molar-refractivity contribution < 1.29 is 19.1 Å². The fourth-order valence-corrected chi connectivity index (χ4v) is 3.36. The minimum Gasteiger partial charge on any atom is -0.490 e. The number of hydrogen-bond acceptors (Lipinski definition) is 4. The van der Waals surface area contributed by atoms with Crippen molar-refractivity contribution >= 4 is 11.8 Å². The lowest BCUT2D eigenvalue weighted by molar-refractivity contribution is -0.137. The second kappa shape index (κ2) is 10.8. The number of para-hydroxylation sites is 2. The lowest BCUT2D eigenvalue weighted by Gasteiger charge is -2.25. The monoisotopic (exact) mass is 376 g/mol. The summed E-state index contributed by atoms with van der Waals surface area (Å²) < 4.78 is 11.2. The van der Waals surface area contributed by atoms with Crippen molar-refractivity contribution in [3.63, 3.8) is 0 Å². The predicted molar refractivity (Wildman–Crippen MR) is 105 cm³/mol. The lowest BCUT2D eigenvalue weighted by Crippen LogP contribution is -2.41. The minimum absolute atomic E-state index is 0.0232. The summed E-state index contributed by atoms with van der Waals surface area (Å²) in [7, 11) is 0. The van der Waals surface area contributed by atoms with E-state index in [2.05, 4.69) is 13.8 Å². The molecule has 0 radical (unpaired) electrons. The third-order valence-corrected chi connectivity index (χ3v) is 5.00. The van der Waals surface area contributed by atoms with Crippen LogP contribution in [0.25, 0.3) is 0 Å². The molecule has 2 rings (SSSR count). The van der Waals surface area contributed by atoms with E-state index in [1.807, 2.05) is 30.0 Å². The van der Waals surface area contributed by atoms with Gasteiger partial charge in [0.15, 0.2) is 18.1 Å². The standard InChI is InChI=1S/C21H32N2O4/c1-4-17(5-2)21(25)23-13-9-12-22(14-15-23)20(24)16-27-19-11-8-7-10-18(19)26-6-3/h7-8,10-11,17H,4-6,9,12-16H2,1-3H3. The summed E-state index contributed by atoms with van der Waals surface area (Å²) in [5.41, 5.74) is 0. The number of rotatable bonds is 8. The van der Waals surface area contributed by atoms with Crippen LogP contribution >= 0.6 is 0 Å². The molecule has 0 unspecified atom stereocenters. The number of amides is 2. The zero-order valence-corrected chi connectivity index (χ0v) is 16.8. The smallest absolute Gasteiger partial charge is 0.260 e. The molecule has 0 atom stereocenters. The van der Waals surface area contributed by atoms with E-state index in [1.165, 1.54) is 0 Å². The molecule has 0 saturated carbocycles. The molecule has 1 saturated heterocycles. The summed E-state index contributed by atoms with van der Waals surface area (Å²) in [6.07, 6.45) is 2.52. The van der Waals surface area contributed by atoms with Crippen LogP contribution < -0.4 is 9.47 Å². The molecule has 0 bridgehead atoms. The first kappa shape index (κ1) is 21.1. The van der Waals surface area contributed by atoms with Crippen molar-refractivity contribution in [2.75, 3.05) is 39.4 Å². The highest BCUT2D eigenvalue weighted by atomic mass is 16.5. The highest BCUT2D eigenvalue weighted by molar-refractivity contribution is 5.80. The van der Waals surface area contributed by atoms with Crippen LogP contribution in [-0.4, -0.2) is 61.0 Å². The molecule has 1 aliphatic rings. The van der Waals surface area contributed by atoms with Crippen molar-refractivity contribution in [2.24, 2.45) is 5.92 Å².